The van der Waals surface area contributed by atoms with Gasteiger partial charge >= 0.3 is 0 Å². The third kappa shape index (κ3) is 3.19. The van der Waals surface area contributed by atoms with Gasteiger partial charge in [0.05, 0.1) is 5.69 Å². The number of halogens is 1. The molecule has 0 saturated carbocycles. The maximum atomic E-state index is 13.6. The maximum absolute atomic E-state index is 13.6. The van der Waals surface area contributed by atoms with Crippen LogP contribution in [0.15, 0.2) is 18.2 Å². The lowest BCUT2D eigenvalue weighted by Gasteiger charge is -2.17. The Morgan fingerprint density at radius 1 is 1.47 bits per heavy atom. The Morgan fingerprint density at radius 2 is 2.29 bits per heavy atom. The van der Waals surface area contributed by atoms with E-state index in [2.05, 4.69) is 10.6 Å². The summed E-state index contributed by atoms with van der Waals surface area (Å²) in [7, 11) is 0. The summed E-state index contributed by atoms with van der Waals surface area (Å²) in [5.41, 5.74) is 1.38. The van der Waals surface area contributed by atoms with Crippen LogP contribution < -0.4 is 10.6 Å². The van der Waals surface area contributed by atoms with E-state index in [0.717, 1.165) is 18.4 Å². The number of benzene rings is 1. The molecule has 2 rings (SSSR count). The van der Waals surface area contributed by atoms with Crippen LogP contribution in [0, 0.1) is 12.7 Å². The van der Waals surface area contributed by atoms with E-state index in [1.165, 1.54) is 6.07 Å². The highest BCUT2D eigenvalue weighted by Gasteiger charge is 2.18. The highest BCUT2D eigenvalue weighted by molar-refractivity contribution is 5.77. The number of hydrogen-bond acceptors (Lipinski definition) is 2. The predicted molar refractivity (Wildman–Crippen MR) is 65.4 cm³/mol. The van der Waals surface area contributed by atoms with Gasteiger partial charge in [0, 0.05) is 19.0 Å². The molecule has 1 amide bonds. The molecular formula is C13H17FN2O. The lowest BCUT2D eigenvalue weighted by molar-refractivity contribution is -0.120. The molecule has 1 aliphatic heterocycles. The van der Waals surface area contributed by atoms with Crippen LogP contribution in [-0.4, -0.2) is 18.5 Å². The van der Waals surface area contributed by atoms with Gasteiger partial charge < -0.3 is 10.6 Å². The van der Waals surface area contributed by atoms with E-state index in [4.69, 9.17) is 0 Å². The number of aryl methyl sites for hydroxylation is 1. The standard InChI is InChI=1S/C13H17FN2O/c1-9-4-5-12(11(14)7-9)16-10-3-2-6-15-13(17)8-10/h4-5,7,10,16H,2-3,6,8H2,1H3,(H,15,17). The lowest BCUT2D eigenvalue weighted by Crippen LogP contribution is -2.27. The molecule has 1 fully saturated rings. The van der Waals surface area contributed by atoms with Crippen LogP contribution in [0.3, 0.4) is 0 Å². The van der Waals surface area contributed by atoms with Gasteiger partial charge in [0.25, 0.3) is 0 Å². The SMILES string of the molecule is Cc1ccc(NC2CCCNC(=O)C2)c(F)c1. The van der Waals surface area contributed by atoms with E-state index < -0.39 is 0 Å². The van der Waals surface area contributed by atoms with Crippen molar-refractivity contribution in [2.24, 2.45) is 0 Å². The van der Waals surface area contributed by atoms with E-state index in [-0.39, 0.29) is 17.8 Å². The number of anilines is 1. The molecular weight excluding hydrogens is 219 g/mol. The Hall–Kier alpha value is -1.58. The van der Waals surface area contributed by atoms with Crippen LogP contribution in [0.5, 0.6) is 0 Å². The van der Waals surface area contributed by atoms with Crippen molar-refractivity contribution in [3.05, 3.63) is 29.6 Å². The second kappa shape index (κ2) is 5.17. The fourth-order valence-electron chi connectivity index (χ4n) is 2.05. The second-order valence-electron chi connectivity index (χ2n) is 4.52. The van der Waals surface area contributed by atoms with Crippen molar-refractivity contribution >= 4 is 11.6 Å². The minimum atomic E-state index is -0.255. The van der Waals surface area contributed by atoms with Crippen LogP contribution >= 0.6 is 0 Å². The topological polar surface area (TPSA) is 41.1 Å². The number of hydrogen-bond donors (Lipinski definition) is 2. The molecule has 1 aromatic rings. The first-order valence-corrected chi connectivity index (χ1v) is 5.94. The summed E-state index contributed by atoms with van der Waals surface area (Å²) < 4.78 is 13.6. The molecule has 1 atom stereocenters. The molecule has 1 unspecified atom stereocenters. The number of nitrogens with one attached hydrogen (secondary N) is 2. The molecule has 3 nitrogen and oxygen atoms in total. The molecule has 1 heterocycles. The zero-order valence-electron chi connectivity index (χ0n) is 9.92. The van der Waals surface area contributed by atoms with Gasteiger partial charge in [-0.1, -0.05) is 6.07 Å². The normalized spacial score (nSPS) is 20.6. The Balaban J connectivity index is 2.06. The number of amides is 1. The van der Waals surface area contributed by atoms with E-state index in [9.17, 15) is 9.18 Å². The van der Waals surface area contributed by atoms with Crippen LogP contribution in [0.2, 0.25) is 0 Å². The first-order chi connectivity index (χ1) is 8.15. The summed E-state index contributed by atoms with van der Waals surface area (Å²) >= 11 is 0. The molecule has 2 N–H and O–H groups in total. The fourth-order valence-corrected chi connectivity index (χ4v) is 2.05. The van der Waals surface area contributed by atoms with Gasteiger partial charge in [-0.2, -0.15) is 0 Å². The van der Waals surface area contributed by atoms with Gasteiger partial charge in [-0.15, -0.1) is 0 Å². The second-order valence-corrected chi connectivity index (χ2v) is 4.52. The Bertz CT molecular complexity index is 420. The Morgan fingerprint density at radius 3 is 3.06 bits per heavy atom. The minimum Gasteiger partial charge on any atom is -0.379 e. The number of carbonyl (C=O) groups is 1. The molecule has 0 spiro atoms. The zero-order chi connectivity index (χ0) is 12.3. The molecule has 0 aromatic heterocycles. The van der Waals surface area contributed by atoms with Gasteiger partial charge in [-0.3, -0.25) is 4.79 Å². The van der Waals surface area contributed by atoms with Crippen molar-refractivity contribution in [3.8, 4) is 0 Å². The summed E-state index contributed by atoms with van der Waals surface area (Å²) in [4.78, 5) is 11.4. The molecule has 1 aliphatic rings. The van der Waals surface area contributed by atoms with Crippen molar-refractivity contribution in [3.63, 3.8) is 0 Å². The van der Waals surface area contributed by atoms with E-state index >= 15 is 0 Å². The van der Waals surface area contributed by atoms with E-state index in [1.54, 1.807) is 6.07 Å². The van der Waals surface area contributed by atoms with Crippen LogP contribution in [-0.2, 0) is 4.79 Å². The maximum Gasteiger partial charge on any atom is 0.222 e. The van der Waals surface area contributed by atoms with Crippen LogP contribution in [0.1, 0.15) is 24.8 Å². The van der Waals surface area contributed by atoms with Crippen molar-refractivity contribution in [2.75, 3.05) is 11.9 Å². The summed E-state index contributed by atoms with van der Waals surface area (Å²) in [5, 5.41) is 5.92. The Kier molecular flexibility index (Phi) is 3.61. The average Bonchev–Trinajstić information content (AvgIpc) is 2.47. The molecule has 1 saturated heterocycles. The summed E-state index contributed by atoms with van der Waals surface area (Å²) in [5.74, 6) is -0.220. The van der Waals surface area contributed by atoms with Gasteiger partial charge in [0.2, 0.25) is 5.91 Å². The minimum absolute atomic E-state index is 0.0229. The highest BCUT2D eigenvalue weighted by Crippen LogP contribution is 2.19. The summed E-state index contributed by atoms with van der Waals surface area (Å²) in [6, 6.07) is 5.11. The van der Waals surface area contributed by atoms with Crippen LogP contribution in [0.25, 0.3) is 0 Å². The van der Waals surface area contributed by atoms with Gasteiger partial charge in [-0.05, 0) is 37.5 Å². The van der Waals surface area contributed by atoms with Gasteiger partial charge in [0.1, 0.15) is 5.82 Å². The number of carbonyl (C=O) groups excluding carboxylic acids is 1. The third-order valence-corrected chi connectivity index (χ3v) is 2.97. The lowest BCUT2D eigenvalue weighted by atomic mass is 10.1. The first-order valence-electron chi connectivity index (χ1n) is 5.94. The smallest absolute Gasteiger partial charge is 0.222 e. The van der Waals surface area contributed by atoms with Gasteiger partial charge in [0.15, 0.2) is 0 Å². The fraction of sp³-hybridized carbons (Fsp3) is 0.462. The molecule has 1 aromatic carbocycles. The highest BCUT2D eigenvalue weighted by atomic mass is 19.1. The van der Waals surface area contributed by atoms with Crippen molar-refractivity contribution in [1.29, 1.82) is 0 Å². The molecule has 92 valence electrons. The molecule has 4 heteroatoms. The quantitative estimate of drug-likeness (QED) is 0.826. The molecule has 0 aliphatic carbocycles. The molecule has 17 heavy (non-hydrogen) atoms. The van der Waals surface area contributed by atoms with Crippen molar-refractivity contribution in [1.82, 2.24) is 5.32 Å². The number of rotatable bonds is 2. The molecule has 0 radical (unpaired) electrons. The Labute approximate surface area is 100 Å². The third-order valence-electron chi connectivity index (χ3n) is 2.97. The zero-order valence-corrected chi connectivity index (χ0v) is 9.92. The summed E-state index contributed by atoms with van der Waals surface area (Å²) in [6.07, 6.45) is 2.22. The monoisotopic (exact) mass is 236 g/mol. The van der Waals surface area contributed by atoms with E-state index in [1.807, 2.05) is 13.0 Å². The molecule has 0 bridgehead atoms. The van der Waals surface area contributed by atoms with E-state index in [0.29, 0.717) is 18.7 Å². The van der Waals surface area contributed by atoms with Gasteiger partial charge in [-0.25, -0.2) is 4.39 Å². The first kappa shape index (κ1) is 11.9. The summed E-state index contributed by atoms with van der Waals surface area (Å²) in [6.45, 7) is 2.57. The average molecular weight is 236 g/mol. The van der Waals surface area contributed by atoms with Crippen LogP contribution in [0.4, 0.5) is 10.1 Å². The predicted octanol–water partition coefficient (Wildman–Crippen LogP) is 2.21. The largest absolute Gasteiger partial charge is 0.379 e. The van der Waals surface area contributed by atoms with Crippen molar-refractivity contribution in [2.45, 2.75) is 32.2 Å². The van der Waals surface area contributed by atoms with Crippen molar-refractivity contribution < 1.29 is 9.18 Å².